The minimum Gasteiger partial charge on any atom is -0.323 e. The predicted octanol–water partition coefficient (Wildman–Crippen LogP) is 4.06. The summed E-state index contributed by atoms with van der Waals surface area (Å²) in [5.41, 5.74) is -0.394. The molecular formula is C16H12ClFN2O3. The zero-order chi connectivity index (χ0) is 16.6. The van der Waals surface area contributed by atoms with Gasteiger partial charge < -0.3 is 5.32 Å². The number of halogens is 2. The molecule has 0 atom stereocenters. The lowest BCUT2D eigenvalue weighted by Gasteiger charge is -2.16. The summed E-state index contributed by atoms with van der Waals surface area (Å²) < 4.78 is 13.8. The number of carbonyl (C=O) groups is 1. The van der Waals surface area contributed by atoms with E-state index in [9.17, 15) is 19.3 Å². The monoisotopic (exact) mass is 334 g/mol. The van der Waals surface area contributed by atoms with Crippen molar-refractivity contribution in [3.8, 4) is 0 Å². The van der Waals surface area contributed by atoms with Crippen molar-refractivity contribution < 1.29 is 14.1 Å². The van der Waals surface area contributed by atoms with Gasteiger partial charge in [0.1, 0.15) is 5.82 Å². The van der Waals surface area contributed by atoms with E-state index in [4.69, 9.17) is 11.6 Å². The van der Waals surface area contributed by atoms with Crippen molar-refractivity contribution in [2.24, 2.45) is 0 Å². The van der Waals surface area contributed by atoms with Crippen LogP contribution in [0.3, 0.4) is 0 Å². The summed E-state index contributed by atoms with van der Waals surface area (Å²) in [7, 11) is 0. The van der Waals surface area contributed by atoms with Crippen LogP contribution >= 0.6 is 11.6 Å². The van der Waals surface area contributed by atoms with Crippen molar-refractivity contribution in [1.82, 2.24) is 0 Å². The highest BCUT2D eigenvalue weighted by Crippen LogP contribution is 2.49. The van der Waals surface area contributed by atoms with Gasteiger partial charge in [-0.25, -0.2) is 4.39 Å². The molecule has 118 valence electrons. The maximum atomic E-state index is 13.8. The number of nitro groups is 1. The molecule has 0 spiro atoms. The highest BCUT2D eigenvalue weighted by molar-refractivity contribution is 6.30. The Bertz CT molecular complexity index is 788. The van der Waals surface area contributed by atoms with Crippen LogP contribution in [0.4, 0.5) is 15.8 Å². The molecule has 1 fully saturated rings. The molecule has 1 amide bonds. The summed E-state index contributed by atoms with van der Waals surface area (Å²) in [5, 5.41) is 13.8. The lowest BCUT2D eigenvalue weighted by atomic mass is 9.95. The summed E-state index contributed by atoms with van der Waals surface area (Å²) in [6.07, 6.45) is 1.27. The summed E-state index contributed by atoms with van der Waals surface area (Å²) in [6, 6.07) is 9.95. The van der Waals surface area contributed by atoms with Gasteiger partial charge in [0.15, 0.2) is 0 Å². The first kappa shape index (κ1) is 15.4. The van der Waals surface area contributed by atoms with Crippen LogP contribution in [-0.4, -0.2) is 10.8 Å². The van der Waals surface area contributed by atoms with Gasteiger partial charge in [0.25, 0.3) is 5.69 Å². The SMILES string of the molecule is O=C(Nc1cc([N+](=O)[O-])ccc1F)C1(c2ccc(Cl)cc2)CC1. The fourth-order valence-electron chi connectivity index (χ4n) is 2.51. The van der Waals surface area contributed by atoms with E-state index in [1.165, 1.54) is 0 Å². The maximum Gasteiger partial charge on any atom is 0.271 e. The molecule has 1 N–H and O–H groups in total. The normalized spacial score (nSPS) is 15.0. The van der Waals surface area contributed by atoms with E-state index in [0.29, 0.717) is 17.9 Å². The van der Waals surface area contributed by atoms with Gasteiger partial charge in [0.2, 0.25) is 5.91 Å². The first-order chi connectivity index (χ1) is 10.9. The van der Waals surface area contributed by atoms with Crippen LogP contribution in [-0.2, 0) is 10.2 Å². The van der Waals surface area contributed by atoms with E-state index in [1.54, 1.807) is 24.3 Å². The summed E-state index contributed by atoms with van der Waals surface area (Å²) >= 11 is 5.85. The topological polar surface area (TPSA) is 72.2 Å². The fraction of sp³-hybridized carbons (Fsp3) is 0.188. The molecule has 1 aliphatic rings. The standard InChI is InChI=1S/C16H12ClFN2O3/c17-11-3-1-10(2-4-11)16(7-8-16)15(21)19-14-9-12(20(22)23)5-6-13(14)18/h1-6,9H,7-8H2,(H,19,21). The second-order valence-corrected chi connectivity index (χ2v) is 5.90. The van der Waals surface area contributed by atoms with Gasteiger partial charge >= 0.3 is 0 Å². The highest BCUT2D eigenvalue weighted by atomic mass is 35.5. The molecule has 2 aromatic rings. The predicted molar refractivity (Wildman–Crippen MR) is 84.0 cm³/mol. The molecule has 3 rings (SSSR count). The number of nitrogens with zero attached hydrogens (tertiary/aromatic N) is 1. The van der Waals surface area contributed by atoms with Crippen LogP contribution in [0.2, 0.25) is 5.02 Å². The lowest BCUT2D eigenvalue weighted by Crippen LogP contribution is -2.28. The first-order valence-electron chi connectivity index (χ1n) is 6.94. The third kappa shape index (κ3) is 2.90. The largest absolute Gasteiger partial charge is 0.323 e. The Morgan fingerprint density at radius 2 is 1.87 bits per heavy atom. The molecule has 1 aliphatic carbocycles. The summed E-state index contributed by atoms with van der Waals surface area (Å²) in [6.45, 7) is 0. The third-order valence-corrected chi connectivity index (χ3v) is 4.24. The van der Waals surface area contributed by atoms with Crippen molar-refractivity contribution in [2.75, 3.05) is 5.32 Å². The molecule has 0 aromatic heterocycles. The number of amides is 1. The van der Waals surface area contributed by atoms with Gasteiger partial charge in [-0.2, -0.15) is 0 Å². The zero-order valence-electron chi connectivity index (χ0n) is 11.9. The van der Waals surface area contributed by atoms with E-state index in [2.05, 4.69) is 5.32 Å². The van der Waals surface area contributed by atoms with Crippen molar-refractivity contribution in [3.63, 3.8) is 0 Å². The quantitative estimate of drug-likeness (QED) is 0.677. The second kappa shape index (κ2) is 5.62. The van der Waals surface area contributed by atoms with E-state index < -0.39 is 16.2 Å². The van der Waals surface area contributed by atoms with Crippen LogP contribution < -0.4 is 5.32 Å². The fourth-order valence-corrected chi connectivity index (χ4v) is 2.63. The molecule has 0 radical (unpaired) electrons. The van der Waals surface area contributed by atoms with Gasteiger partial charge in [-0.05, 0) is 36.6 Å². The average molecular weight is 335 g/mol. The molecule has 7 heteroatoms. The molecular weight excluding hydrogens is 323 g/mol. The molecule has 1 saturated carbocycles. The number of non-ortho nitro benzene ring substituents is 1. The molecule has 2 aromatic carbocycles. The number of rotatable bonds is 4. The zero-order valence-corrected chi connectivity index (χ0v) is 12.6. The molecule has 0 heterocycles. The van der Waals surface area contributed by atoms with Crippen molar-refractivity contribution >= 4 is 28.9 Å². The van der Waals surface area contributed by atoms with Gasteiger partial charge in [-0.3, -0.25) is 14.9 Å². The van der Waals surface area contributed by atoms with Gasteiger partial charge in [-0.15, -0.1) is 0 Å². The maximum absolute atomic E-state index is 13.8. The number of anilines is 1. The van der Waals surface area contributed by atoms with E-state index in [-0.39, 0.29) is 17.3 Å². The van der Waals surface area contributed by atoms with Gasteiger partial charge in [0.05, 0.1) is 16.0 Å². The van der Waals surface area contributed by atoms with E-state index >= 15 is 0 Å². The van der Waals surface area contributed by atoms with Gasteiger partial charge in [0, 0.05) is 17.2 Å². The van der Waals surface area contributed by atoms with E-state index in [0.717, 1.165) is 23.8 Å². The van der Waals surface area contributed by atoms with Crippen LogP contribution in [0.1, 0.15) is 18.4 Å². The Labute approximate surface area is 136 Å². The molecule has 5 nitrogen and oxygen atoms in total. The summed E-state index contributed by atoms with van der Waals surface area (Å²) in [4.78, 5) is 22.7. The number of nitro benzene ring substituents is 1. The summed E-state index contributed by atoms with van der Waals surface area (Å²) in [5.74, 6) is -1.09. The van der Waals surface area contributed by atoms with Crippen LogP contribution in [0, 0.1) is 15.9 Å². The molecule has 23 heavy (non-hydrogen) atoms. The van der Waals surface area contributed by atoms with Crippen LogP contribution in [0.15, 0.2) is 42.5 Å². The van der Waals surface area contributed by atoms with Gasteiger partial charge in [-0.1, -0.05) is 23.7 Å². The Morgan fingerprint density at radius 3 is 2.43 bits per heavy atom. The minimum absolute atomic E-state index is 0.190. The minimum atomic E-state index is -0.721. The second-order valence-electron chi connectivity index (χ2n) is 5.46. The number of hydrogen-bond donors (Lipinski definition) is 1. The Hall–Kier alpha value is -2.47. The number of nitrogens with one attached hydrogen (secondary N) is 1. The Balaban J connectivity index is 1.86. The van der Waals surface area contributed by atoms with Crippen LogP contribution in [0.5, 0.6) is 0 Å². The molecule has 0 bridgehead atoms. The number of benzene rings is 2. The molecule has 0 saturated heterocycles. The highest BCUT2D eigenvalue weighted by Gasteiger charge is 2.51. The lowest BCUT2D eigenvalue weighted by molar-refractivity contribution is -0.384. The van der Waals surface area contributed by atoms with E-state index in [1.807, 2.05) is 0 Å². The Kier molecular flexibility index (Phi) is 3.77. The van der Waals surface area contributed by atoms with Crippen molar-refractivity contribution in [1.29, 1.82) is 0 Å². The Morgan fingerprint density at radius 1 is 1.22 bits per heavy atom. The molecule has 0 unspecified atom stereocenters. The van der Waals surface area contributed by atoms with Crippen molar-refractivity contribution in [2.45, 2.75) is 18.3 Å². The number of carbonyl (C=O) groups excluding carboxylic acids is 1. The average Bonchev–Trinajstić information content (AvgIpc) is 3.31. The third-order valence-electron chi connectivity index (χ3n) is 3.99. The smallest absolute Gasteiger partial charge is 0.271 e. The van der Waals surface area contributed by atoms with Crippen LogP contribution in [0.25, 0.3) is 0 Å². The van der Waals surface area contributed by atoms with Crippen molar-refractivity contribution in [3.05, 3.63) is 69.0 Å². The first-order valence-corrected chi connectivity index (χ1v) is 7.32. The number of hydrogen-bond acceptors (Lipinski definition) is 3. The molecule has 0 aliphatic heterocycles.